The topological polar surface area (TPSA) is 102 Å². The van der Waals surface area contributed by atoms with Crippen LogP contribution in [-0.2, 0) is 17.6 Å². The lowest BCUT2D eigenvalue weighted by Gasteiger charge is -2.19. The summed E-state index contributed by atoms with van der Waals surface area (Å²) < 4.78 is 7.35. The van der Waals surface area contributed by atoms with Gasteiger partial charge in [0.25, 0.3) is 0 Å². The number of nitrogens with zero attached hydrogens (tertiary/aromatic N) is 4. The molecule has 0 saturated heterocycles. The minimum absolute atomic E-state index is 0.325. The number of fused-ring (bicyclic) bond motifs is 4. The van der Waals surface area contributed by atoms with Crippen LogP contribution in [0.25, 0.3) is 15.7 Å². The van der Waals surface area contributed by atoms with Gasteiger partial charge in [0.15, 0.2) is 5.75 Å². The highest BCUT2D eigenvalue weighted by atomic mass is 32.1. The maximum Gasteiger partial charge on any atom is 0.306 e. The normalized spacial score (nSPS) is 16.2. The van der Waals surface area contributed by atoms with Gasteiger partial charge in [-0.15, -0.1) is 11.3 Å². The number of carboxylic acids is 1. The van der Waals surface area contributed by atoms with Gasteiger partial charge in [0.1, 0.15) is 22.5 Å². The number of carboxylic acid groups (broad SMARTS) is 1. The summed E-state index contributed by atoms with van der Waals surface area (Å²) in [5.41, 5.74) is 2.80. The first-order valence-corrected chi connectivity index (χ1v) is 9.72. The average molecular weight is 395 g/mol. The summed E-state index contributed by atoms with van der Waals surface area (Å²) in [6, 6.07) is 3.78. The largest absolute Gasteiger partial charge is 0.492 e. The fraction of sp³-hybridized carbons (Fsp3) is 0.263. The third-order valence-corrected chi connectivity index (χ3v) is 6.34. The van der Waals surface area contributed by atoms with Crippen molar-refractivity contribution in [2.75, 3.05) is 12.4 Å². The fourth-order valence-electron chi connectivity index (χ4n) is 3.83. The van der Waals surface area contributed by atoms with E-state index in [0.717, 1.165) is 31.9 Å². The van der Waals surface area contributed by atoms with E-state index in [-0.39, 0.29) is 5.92 Å². The summed E-state index contributed by atoms with van der Waals surface area (Å²) in [7, 11) is 1.63. The summed E-state index contributed by atoms with van der Waals surface area (Å²) in [6.07, 6.45) is 7.01. The Labute approximate surface area is 163 Å². The highest BCUT2D eigenvalue weighted by molar-refractivity contribution is 7.19. The molecule has 28 heavy (non-hydrogen) atoms. The molecule has 0 aliphatic heterocycles. The molecule has 4 heterocycles. The maximum absolute atomic E-state index is 11.4. The zero-order valence-electron chi connectivity index (χ0n) is 15.0. The fourth-order valence-corrected chi connectivity index (χ4v) is 5.09. The lowest BCUT2D eigenvalue weighted by Crippen LogP contribution is -2.21. The number of methoxy groups -OCH3 is 1. The molecule has 0 amide bonds. The van der Waals surface area contributed by atoms with Gasteiger partial charge in [-0.2, -0.15) is 5.10 Å². The van der Waals surface area contributed by atoms with Crippen molar-refractivity contribution < 1.29 is 14.6 Å². The molecule has 1 aliphatic rings. The van der Waals surface area contributed by atoms with Crippen LogP contribution in [0.4, 0.5) is 11.5 Å². The third kappa shape index (κ3) is 2.58. The summed E-state index contributed by atoms with van der Waals surface area (Å²) in [6.45, 7) is 0. The van der Waals surface area contributed by atoms with E-state index in [4.69, 9.17) is 4.74 Å². The van der Waals surface area contributed by atoms with Crippen LogP contribution in [0.2, 0.25) is 0 Å². The summed E-state index contributed by atoms with van der Waals surface area (Å²) in [5, 5.41) is 18.0. The van der Waals surface area contributed by atoms with Gasteiger partial charge in [-0.05, 0) is 37.0 Å². The van der Waals surface area contributed by atoms with Gasteiger partial charge >= 0.3 is 5.97 Å². The molecule has 142 valence electrons. The first-order chi connectivity index (χ1) is 13.7. The minimum atomic E-state index is -0.730. The van der Waals surface area contributed by atoms with Gasteiger partial charge < -0.3 is 15.2 Å². The molecule has 1 aliphatic carbocycles. The van der Waals surface area contributed by atoms with E-state index in [1.165, 1.54) is 6.33 Å². The predicted octanol–water partition coefficient (Wildman–Crippen LogP) is 3.28. The Morgan fingerprint density at radius 1 is 1.39 bits per heavy atom. The number of hydrogen-bond acceptors (Lipinski definition) is 7. The monoisotopic (exact) mass is 395 g/mol. The molecule has 0 unspecified atom stereocenters. The van der Waals surface area contributed by atoms with Gasteiger partial charge in [0.2, 0.25) is 0 Å². The van der Waals surface area contributed by atoms with Gasteiger partial charge in [-0.3, -0.25) is 4.79 Å². The number of rotatable bonds is 4. The molecule has 0 bridgehead atoms. The van der Waals surface area contributed by atoms with Crippen molar-refractivity contribution in [2.45, 2.75) is 19.3 Å². The minimum Gasteiger partial charge on any atom is -0.492 e. The molecule has 0 spiro atoms. The van der Waals surface area contributed by atoms with Crippen LogP contribution in [0.5, 0.6) is 5.75 Å². The molecule has 0 aromatic carbocycles. The van der Waals surface area contributed by atoms with E-state index in [0.29, 0.717) is 30.8 Å². The number of hydrogen-bond donors (Lipinski definition) is 2. The Hall–Kier alpha value is -3.20. The Morgan fingerprint density at radius 2 is 2.29 bits per heavy atom. The number of carbonyl (C=O) groups is 1. The molecule has 8 nitrogen and oxygen atoms in total. The lowest BCUT2D eigenvalue weighted by atomic mass is 9.88. The van der Waals surface area contributed by atoms with Crippen molar-refractivity contribution in [1.29, 1.82) is 0 Å². The number of pyridine rings is 1. The smallest absolute Gasteiger partial charge is 0.306 e. The van der Waals surface area contributed by atoms with Crippen molar-refractivity contribution in [2.24, 2.45) is 5.92 Å². The van der Waals surface area contributed by atoms with Gasteiger partial charge in [-0.25, -0.2) is 14.5 Å². The standard InChI is InChI=1S/C19H17N5O3S/c1-27-16-12(5-7-24-13(16)4-6-22-24)23-17-15-11-3-2-10(19(25)26)8-14(11)28-18(15)21-9-20-17/h4-7,9-10H,2-3,8H2,1H3,(H,25,26)(H,20,21,23)/t10-/m0/s1. The van der Waals surface area contributed by atoms with Crippen LogP contribution in [0, 0.1) is 5.92 Å². The van der Waals surface area contributed by atoms with E-state index >= 15 is 0 Å². The zero-order chi connectivity index (χ0) is 19.3. The Morgan fingerprint density at radius 3 is 3.11 bits per heavy atom. The van der Waals surface area contributed by atoms with Crippen LogP contribution in [0.15, 0.2) is 30.9 Å². The molecule has 0 fully saturated rings. The number of aryl methyl sites for hydroxylation is 1. The van der Waals surface area contributed by atoms with E-state index in [2.05, 4.69) is 20.4 Å². The second kappa shape index (κ2) is 6.45. The average Bonchev–Trinajstić information content (AvgIpc) is 3.31. The molecule has 1 atom stereocenters. The van der Waals surface area contributed by atoms with Crippen molar-refractivity contribution in [3.8, 4) is 5.75 Å². The SMILES string of the molecule is COc1c(Nc2ncnc3sc4c(c23)CC[C@H](C(=O)O)C4)ccn2nccc12. The van der Waals surface area contributed by atoms with Crippen molar-refractivity contribution >= 4 is 44.5 Å². The highest BCUT2D eigenvalue weighted by Gasteiger charge is 2.29. The molecule has 4 aromatic heterocycles. The zero-order valence-corrected chi connectivity index (χ0v) is 15.9. The van der Waals surface area contributed by atoms with E-state index < -0.39 is 5.97 Å². The summed E-state index contributed by atoms with van der Waals surface area (Å²) >= 11 is 1.56. The second-order valence-corrected chi connectivity index (χ2v) is 7.82. The van der Waals surface area contributed by atoms with Crippen LogP contribution in [-0.4, -0.2) is 37.8 Å². The van der Waals surface area contributed by atoms with Crippen LogP contribution >= 0.6 is 11.3 Å². The number of anilines is 2. The summed E-state index contributed by atoms with van der Waals surface area (Å²) in [5.74, 6) is 0.334. The highest BCUT2D eigenvalue weighted by Crippen LogP contribution is 2.41. The summed E-state index contributed by atoms with van der Waals surface area (Å²) in [4.78, 5) is 22.2. The molecular weight excluding hydrogens is 378 g/mol. The van der Waals surface area contributed by atoms with Crippen LogP contribution in [0.1, 0.15) is 16.9 Å². The molecule has 9 heteroatoms. The number of nitrogens with one attached hydrogen (secondary N) is 1. The van der Waals surface area contributed by atoms with Crippen LogP contribution < -0.4 is 10.1 Å². The van der Waals surface area contributed by atoms with Crippen molar-refractivity contribution in [3.05, 3.63) is 41.3 Å². The van der Waals surface area contributed by atoms with E-state index in [1.54, 1.807) is 29.2 Å². The third-order valence-electron chi connectivity index (χ3n) is 5.18. The van der Waals surface area contributed by atoms with Crippen molar-refractivity contribution in [3.63, 3.8) is 0 Å². The maximum atomic E-state index is 11.4. The van der Waals surface area contributed by atoms with E-state index in [9.17, 15) is 9.90 Å². The first kappa shape index (κ1) is 16.9. The Kier molecular flexibility index (Phi) is 3.90. The van der Waals surface area contributed by atoms with Gasteiger partial charge in [0.05, 0.1) is 30.3 Å². The van der Waals surface area contributed by atoms with Gasteiger partial charge in [0, 0.05) is 11.1 Å². The van der Waals surface area contributed by atoms with Crippen molar-refractivity contribution in [1.82, 2.24) is 19.6 Å². The Bertz CT molecular complexity index is 1220. The lowest BCUT2D eigenvalue weighted by molar-refractivity contribution is -0.142. The van der Waals surface area contributed by atoms with Crippen LogP contribution in [0.3, 0.4) is 0 Å². The van der Waals surface area contributed by atoms with Gasteiger partial charge in [-0.1, -0.05) is 0 Å². The number of aromatic nitrogens is 4. The molecule has 0 saturated carbocycles. The number of ether oxygens (including phenoxy) is 1. The molecular formula is C19H17N5O3S. The molecule has 5 rings (SSSR count). The number of thiophene rings is 1. The molecule has 4 aromatic rings. The Balaban J connectivity index is 1.60. The second-order valence-electron chi connectivity index (χ2n) is 6.73. The first-order valence-electron chi connectivity index (χ1n) is 8.91. The molecule has 2 N–H and O–H groups in total. The number of aliphatic carboxylic acids is 1. The van der Waals surface area contributed by atoms with E-state index in [1.807, 2.05) is 18.3 Å². The predicted molar refractivity (Wildman–Crippen MR) is 106 cm³/mol. The quantitative estimate of drug-likeness (QED) is 0.547. The molecule has 0 radical (unpaired) electrons.